The zero-order valence-corrected chi connectivity index (χ0v) is 11.2. The molecular weight excluding hydrogens is 247 g/mol. The molecule has 0 radical (unpaired) electrons. The minimum atomic E-state index is -0.771. The van der Waals surface area contributed by atoms with Crippen LogP contribution in [0.2, 0.25) is 0 Å². The topological polar surface area (TPSA) is 0 Å². The van der Waals surface area contributed by atoms with Crippen LogP contribution in [0.1, 0.15) is 0 Å². The molecule has 0 heterocycles. The summed E-state index contributed by atoms with van der Waals surface area (Å²) in [4.78, 5) is 0. The fourth-order valence-electron chi connectivity index (χ4n) is 0.673. The molecule has 0 saturated carbocycles. The predicted molar refractivity (Wildman–Crippen MR) is 79.7 cm³/mol. The van der Waals surface area contributed by atoms with Crippen LogP contribution in [0.5, 0.6) is 0 Å². The maximum Gasteiger partial charge on any atom is -0.000246 e. The fourth-order valence-corrected chi connectivity index (χ4v) is 1.54. The molecule has 0 aliphatic carbocycles. The van der Waals surface area contributed by atoms with Gasteiger partial charge < -0.3 is 0 Å². The van der Waals surface area contributed by atoms with Crippen LogP contribution in [0, 0.1) is 0 Å². The van der Waals surface area contributed by atoms with Crippen LogP contribution in [-0.2, 0) is 0 Å². The second kappa shape index (κ2) is 13.1. The Morgan fingerprint density at radius 3 is 1.11 bits per heavy atom. The van der Waals surface area contributed by atoms with E-state index in [2.05, 4.69) is 88.5 Å². The minimum absolute atomic E-state index is 0.771. The Hall–Kier alpha value is -2.99. The smallest absolute Gasteiger partial charge is 0.000246 e. The van der Waals surface area contributed by atoms with Crippen molar-refractivity contribution in [3.05, 3.63) is 106 Å². The molecule has 0 aliphatic heterocycles. The van der Waals surface area contributed by atoms with Crippen molar-refractivity contribution >= 4 is 7.92 Å². The Bertz CT molecular complexity index is 678. The Kier molecular flexibility index (Phi) is 11.0. The third-order valence-electron chi connectivity index (χ3n) is 1.31. The van der Waals surface area contributed by atoms with Crippen molar-refractivity contribution in [2.75, 3.05) is 0 Å². The number of rotatable bonds is 3. The summed E-state index contributed by atoms with van der Waals surface area (Å²) in [5, 5.41) is 0. The van der Waals surface area contributed by atoms with Crippen molar-refractivity contribution in [1.82, 2.24) is 0 Å². The molecule has 0 saturated heterocycles. The predicted octanol–water partition coefficient (Wildman–Crippen LogP) is 4.76. The van der Waals surface area contributed by atoms with E-state index in [-0.39, 0.29) is 0 Å². The van der Waals surface area contributed by atoms with Crippen LogP contribution in [-0.4, -0.2) is 0 Å². The molecular formula is C18H9P. The van der Waals surface area contributed by atoms with Crippen LogP contribution < -0.4 is 0 Å². The average Bonchev–Trinajstić information content (AvgIpc) is 2.43. The van der Waals surface area contributed by atoms with Gasteiger partial charge in [0.25, 0.3) is 0 Å². The van der Waals surface area contributed by atoms with Gasteiger partial charge in [-0.1, -0.05) is 34.4 Å². The maximum absolute atomic E-state index is 3.37. The number of hydrogen-bond donors (Lipinski definition) is 0. The molecule has 0 nitrogen and oxygen atoms in total. The van der Waals surface area contributed by atoms with E-state index in [0.29, 0.717) is 0 Å². The highest BCUT2D eigenvalue weighted by Crippen LogP contribution is 2.38. The molecule has 0 aliphatic rings. The van der Waals surface area contributed by atoms with Gasteiger partial charge in [-0.3, -0.25) is 0 Å². The lowest BCUT2D eigenvalue weighted by Gasteiger charge is -1.91. The second-order valence-electron chi connectivity index (χ2n) is 2.55. The van der Waals surface area contributed by atoms with E-state index in [4.69, 9.17) is 0 Å². The van der Waals surface area contributed by atoms with Gasteiger partial charge in [0.2, 0.25) is 0 Å². The summed E-state index contributed by atoms with van der Waals surface area (Å²) < 4.78 is 0. The maximum atomic E-state index is 3.37. The van der Waals surface area contributed by atoms with Gasteiger partial charge in [-0.05, 0) is 79.5 Å². The quantitative estimate of drug-likeness (QED) is 0.504. The van der Waals surface area contributed by atoms with E-state index < -0.39 is 7.92 Å². The summed E-state index contributed by atoms with van der Waals surface area (Å²) in [6.45, 7) is 10.1. The average molecular weight is 256 g/mol. The highest BCUT2D eigenvalue weighted by molar-refractivity contribution is 7.67. The summed E-state index contributed by atoms with van der Waals surface area (Å²) in [7, 11) is -0.771. The van der Waals surface area contributed by atoms with Gasteiger partial charge in [0, 0.05) is 0 Å². The van der Waals surface area contributed by atoms with Gasteiger partial charge in [-0.15, -0.1) is 0 Å². The Morgan fingerprint density at radius 2 is 0.842 bits per heavy atom. The summed E-state index contributed by atoms with van der Waals surface area (Å²) in [6, 6.07) is 0. The van der Waals surface area contributed by atoms with Crippen molar-refractivity contribution in [2.24, 2.45) is 0 Å². The van der Waals surface area contributed by atoms with Crippen LogP contribution in [0.15, 0.2) is 106 Å². The highest BCUT2D eigenvalue weighted by atomic mass is 31.1. The van der Waals surface area contributed by atoms with E-state index in [1.54, 1.807) is 17.5 Å². The first kappa shape index (κ1) is 16.0. The molecule has 0 unspecified atom stereocenters. The van der Waals surface area contributed by atoms with Crippen molar-refractivity contribution in [2.45, 2.75) is 0 Å². The molecule has 0 N–H and O–H groups in total. The minimum Gasteiger partial charge on any atom is -0.0687 e. The molecule has 0 atom stereocenters. The standard InChI is InChI=1S/C18H9P/c1-4-7-10-13-16-19(17-14-11-8-5-2)18-15-12-9-6-3/h16-18H,1-3H2. The van der Waals surface area contributed by atoms with Gasteiger partial charge in [0.1, 0.15) is 0 Å². The normalized spacial score (nSPS) is 6.95. The third-order valence-corrected chi connectivity index (χ3v) is 2.59. The molecule has 0 fully saturated rings. The molecule has 1 heteroatoms. The molecule has 0 spiro atoms. The zero-order valence-electron chi connectivity index (χ0n) is 10.3. The molecule has 0 aromatic heterocycles. The zero-order chi connectivity index (χ0) is 14.2. The summed E-state index contributed by atoms with van der Waals surface area (Å²) >= 11 is 0. The summed E-state index contributed by atoms with van der Waals surface area (Å²) in [6.07, 6.45) is 0. The summed E-state index contributed by atoms with van der Waals surface area (Å²) in [5.41, 5.74) is 31.4. The van der Waals surface area contributed by atoms with Crippen LogP contribution in [0.25, 0.3) is 0 Å². The van der Waals surface area contributed by atoms with Gasteiger partial charge in [-0.2, -0.15) is 0 Å². The van der Waals surface area contributed by atoms with E-state index in [1.165, 1.54) is 0 Å². The van der Waals surface area contributed by atoms with E-state index in [1.807, 2.05) is 0 Å². The lowest BCUT2D eigenvalue weighted by molar-refractivity contribution is 2.16. The third kappa shape index (κ3) is 11.3. The van der Waals surface area contributed by atoms with Gasteiger partial charge in [-0.25, -0.2) is 0 Å². The molecule has 0 rings (SSSR count). The van der Waals surface area contributed by atoms with E-state index in [9.17, 15) is 0 Å². The van der Waals surface area contributed by atoms with E-state index >= 15 is 0 Å². The molecule has 0 aromatic rings. The van der Waals surface area contributed by atoms with Crippen molar-refractivity contribution < 1.29 is 0 Å². The van der Waals surface area contributed by atoms with Crippen molar-refractivity contribution in [3.63, 3.8) is 0 Å². The first-order chi connectivity index (χ1) is 9.35. The van der Waals surface area contributed by atoms with Crippen molar-refractivity contribution in [3.8, 4) is 0 Å². The SMILES string of the molecule is C=C=C=C=C=CP(C=C=C=C=C=C)C=C=C=C=C=C. The van der Waals surface area contributed by atoms with Crippen LogP contribution in [0.4, 0.5) is 0 Å². The fraction of sp³-hybridized carbons (Fsp3) is 0. The van der Waals surface area contributed by atoms with Crippen LogP contribution in [0.3, 0.4) is 0 Å². The Balaban J connectivity index is 5.71. The monoisotopic (exact) mass is 256 g/mol. The Morgan fingerprint density at radius 1 is 0.526 bits per heavy atom. The van der Waals surface area contributed by atoms with E-state index in [0.717, 1.165) is 0 Å². The lowest BCUT2D eigenvalue weighted by atomic mass is 10.7. The second-order valence-corrected chi connectivity index (χ2v) is 4.22. The molecule has 86 valence electrons. The Labute approximate surface area is 114 Å². The largest absolute Gasteiger partial charge is 0.0687 e. The molecule has 0 aromatic carbocycles. The van der Waals surface area contributed by atoms with Crippen LogP contribution >= 0.6 is 7.92 Å². The highest BCUT2D eigenvalue weighted by Gasteiger charge is 1.89. The van der Waals surface area contributed by atoms with Gasteiger partial charge >= 0.3 is 0 Å². The number of hydrogen-bond acceptors (Lipinski definition) is 0. The summed E-state index contributed by atoms with van der Waals surface area (Å²) in [5.74, 6) is 5.37. The van der Waals surface area contributed by atoms with Gasteiger partial charge in [0.05, 0.1) is 0 Å². The first-order valence-corrected chi connectivity index (χ1v) is 6.50. The lowest BCUT2D eigenvalue weighted by Crippen LogP contribution is -1.50. The molecule has 0 amide bonds. The molecule has 19 heavy (non-hydrogen) atoms. The van der Waals surface area contributed by atoms with Crippen molar-refractivity contribution in [1.29, 1.82) is 0 Å². The first-order valence-electron chi connectivity index (χ1n) is 4.95. The molecule has 0 bridgehead atoms. The van der Waals surface area contributed by atoms with Gasteiger partial charge in [0.15, 0.2) is 0 Å².